The molecule has 2 nitrogen and oxygen atoms in total. The normalized spacial score (nSPS) is 14.9. The highest BCUT2D eigenvalue weighted by Crippen LogP contribution is 2.31. The highest BCUT2D eigenvalue weighted by molar-refractivity contribution is 6.29. The van der Waals surface area contributed by atoms with Crippen molar-refractivity contribution in [2.24, 2.45) is 5.92 Å². The Kier molecular flexibility index (Phi) is 3.44. The summed E-state index contributed by atoms with van der Waals surface area (Å²) in [7, 11) is 0. The Balaban J connectivity index is 2.19. The van der Waals surface area contributed by atoms with Crippen molar-refractivity contribution in [1.29, 1.82) is 0 Å². The fourth-order valence-corrected chi connectivity index (χ4v) is 1.77. The molecule has 0 atom stereocenters. The number of amides is 1. The molecular weight excluding hydrogens is 229 g/mol. The molecule has 0 aromatic heterocycles. The first-order valence-corrected chi connectivity index (χ1v) is 5.86. The predicted octanol–water partition coefficient (Wildman–Crippen LogP) is 2.81. The Labute approximate surface area is 99.0 Å². The molecule has 0 bridgehead atoms. The van der Waals surface area contributed by atoms with Gasteiger partial charge in [-0.05, 0) is 37.0 Å². The summed E-state index contributed by atoms with van der Waals surface area (Å²) in [6.07, 6.45) is 2.28. The van der Waals surface area contributed by atoms with Gasteiger partial charge in [0.2, 0.25) is 5.91 Å². The molecule has 1 saturated carbocycles. The zero-order valence-electron chi connectivity index (χ0n) is 8.83. The van der Waals surface area contributed by atoms with Gasteiger partial charge in [0.15, 0.2) is 0 Å². The SMILES string of the molecule is O=C(CCl)N(CC1CC1)c1cccc(F)c1. The molecule has 1 aliphatic rings. The lowest BCUT2D eigenvalue weighted by molar-refractivity contribution is -0.116. The van der Waals surface area contributed by atoms with E-state index in [4.69, 9.17) is 11.6 Å². The monoisotopic (exact) mass is 241 g/mol. The van der Waals surface area contributed by atoms with E-state index >= 15 is 0 Å². The van der Waals surface area contributed by atoms with Gasteiger partial charge in [0.25, 0.3) is 0 Å². The smallest absolute Gasteiger partial charge is 0.241 e. The molecule has 0 N–H and O–H groups in total. The van der Waals surface area contributed by atoms with Crippen LogP contribution in [0.1, 0.15) is 12.8 Å². The molecule has 0 saturated heterocycles. The van der Waals surface area contributed by atoms with Gasteiger partial charge in [-0.15, -0.1) is 11.6 Å². The van der Waals surface area contributed by atoms with Crippen molar-refractivity contribution in [1.82, 2.24) is 0 Å². The van der Waals surface area contributed by atoms with E-state index in [9.17, 15) is 9.18 Å². The lowest BCUT2D eigenvalue weighted by Crippen LogP contribution is -2.33. The van der Waals surface area contributed by atoms with Gasteiger partial charge in [0.1, 0.15) is 11.7 Å². The third-order valence-corrected chi connectivity index (χ3v) is 2.90. The first-order valence-electron chi connectivity index (χ1n) is 5.32. The zero-order chi connectivity index (χ0) is 11.5. The lowest BCUT2D eigenvalue weighted by atomic mass is 10.2. The number of hydrogen-bond donors (Lipinski definition) is 0. The maximum atomic E-state index is 13.1. The average Bonchev–Trinajstić information content (AvgIpc) is 3.08. The summed E-state index contributed by atoms with van der Waals surface area (Å²) in [5, 5.41) is 0. The number of rotatable bonds is 4. The van der Waals surface area contributed by atoms with Gasteiger partial charge in [-0.3, -0.25) is 4.79 Å². The topological polar surface area (TPSA) is 20.3 Å². The van der Waals surface area contributed by atoms with Gasteiger partial charge in [-0.25, -0.2) is 4.39 Å². The molecule has 1 amide bonds. The Morgan fingerprint density at radius 2 is 2.25 bits per heavy atom. The number of carbonyl (C=O) groups excluding carboxylic acids is 1. The van der Waals surface area contributed by atoms with E-state index in [0.29, 0.717) is 18.2 Å². The molecular formula is C12H13ClFNO. The maximum Gasteiger partial charge on any atom is 0.241 e. The summed E-state index contributed by atoms with van der Waals surface area (Å²) in [4.78, 5) is 13.2. The van der Waals surface area contributed by atoms with E-state index in [1.807, 2.05) is 0 Å². The second kappa shape index (κ2) is 4.83. The van der Waals surface area contributed by atoms with Crippen LogP contribution in [0.25, 0.3) is 0 Å². The van der Waals surface area contributed by atoms with E-state index in [2.05, 4.69) is 0 Å². The van der Waals surface area contributed by atoms with E-state index in [0.717, 1.165) is 12.8 Å². The summed E-state index contributed by atoms with van der Waals surface area (Å²) in [5.74, 6) is -0.0151. The molecule has 0 heterocycles. The minimum atomic E-state index is -0.333. The highest BCUT2D eigenvalue weighted by Gasteiger charge is 2.27. The summed E-state index contributed by atoms with van der Waals surface area (Å²) < 4.78 is 13.1. The molecule has 0 unspecified atom stereocenters. The van der Waals surface area contributed by atoms with E-state index in [-0.39, 0.29) is 17.6 Å². The highest BCUT2D eigenvalue weighted by atomic mass is 35.5. The van der Waals surface area contributed by atoms with Crippen LogP contribution in [0, 0.1) is 11.7 Å². The van der Waals surface area contributed by atoms with Crippen LogP contribution in [-0.2, 0) is 4.79 Å². The van der Waals surface area contributed by atoms with Crippen molar-refractivity contribution >= 4 is 23.2 Å². The number of carbonyl (C=O) groups is 1. The third-order valence-electron chi connectivity index (χ3n) is 2.67. The summed E-state index contributed by atoms with van der Waals surface area (Å²) in [5.41, 5.74) is 0.595. The third kappa shape index (κ3) is 2.73. The van der Waals surface area contributed by atoms with Gasteiger partial charge in [0, 0.05) is 12.2 Å². The second-order valence-corrected chi connectivity index (χ2v) is 4.33. The molecule has 0 radical (unpaired) electrons. The molecule has 4 heteroatoms. The number of anilines is 1. The first-order chi connectivity index (χ1) is 7.70. The van der Waals surface area contributed by atoms with Crippen molar-refractivity contribution < 1.29 is 9.18 Å². The van der Waals surface area contributed by atoms with Crippen LogP contribution >= 0.6 is 11.6 Å². The molecule has 2 rings (SSSR count). The zero-order valence-corrected chi connectivity index (χ0v) is 9.58. The van der Waals surface area contributed by atoms with Crippen LogP contribution in [0.4, 0.5) is 10.1 Å². The van der Waals surface area contributed by atoms with Crippen LogP contribution in [0.3, 0.4) is 0 Å². The maximum absolute atomic E-state index is 13.1. The summed E-state index contributed by atoms with van der Waals surface area (Å²) in [6, 6.07) is 6.07. The lowest BCUT2D eigenvalue weighted by Gasteiger charge is -2.21. The van der Waals surface area contributed by atoms with Crippen molar-refractivity contribution in [2.45, 2.75) is 12.8 Å². The van der Waals surface area contributed by atoms with Gasteiger partial charge >= 0.3 is 0 Å². The molecule has 1 aromatic rings. The molecule has 1 aromatic carbocycles. The van der Waals surface area contributed by atoms with Crippen molar-refractivity contribution in [3.63, 3.8) is 0 Å². The predicted molar refractivity (Wildman–Crippen MR) is 62.2 cm³/mol. The number of hydrogen-bond acceptors (Lipinski definition) is 1. The van der Waals surface area contributed by atoms with Gasteiger partial charge in [0.05, 0.1) is 0 Å². The Morgan fingerprint density at radius 3 is 2.81 bits per heavy atom. The fourth-order valence-electron chi connectivity index (χ4n) is 1.63. The van der Waals surface area contributed by atoms with Crippen LogP contribution in [0.2, 0.25) is 0 Å². The second-order valence-electron chi connectivity index (χ2n) is 4.06. The van der Waals surface area contributed by atoms with Crippen LogP contribution in [0.5, 0.6) is 0 Å². The fraction of sp³-hybridized carbons (Fsp3) is 0.417. The molecule has 1 aliphatic carbocycles. The Hall–Kier alpha value is -1.09. The van der Waals surface area contributed by atoms with Crippen molar-refractivity contribution in [2.75, 3.05) is 17.3 Å². The summed E-state index contributed by atoms with van der Waals surface area (Å²) >= 11 is 5.56. The average molecular weight is 242 g/mol. The van der Waals surface area contributed by atoms with Crippen LogP contribution in [-0.4, -0.2) is 18.3 Å². The minimum Gasteiger partial charge on any atom is -0.311 e. The quantitative estimate of drug-likeness (QED) is 0.743. The molecule has 86 valence electrons. The van der Waals surface area contributed by atoms with Crippen LogP contribution < -0.4 is 4.90 Å². The number of benzene rings is 1. The first kappa shape index (κ1) is 11.4. The number of nitrogens with zero attached hydrogens (tertiary/aromatic N) is 1. The van der Waals surface area contributed by atoms with Crippen LogP contribution in [0.15, 0.2) is 24.3 Å². The molecule has 0 aliphatic heterocycles. The number of alkyl halides is 1. The van der Waals surface area contributed by atoms with Crippen molar-refractivity contribution in [3.05, 3.63) is 30.1 Å². The Morgan fingerprint density at radius 1 is 1.50 bits per heavy atom. The van der Waals surface area contributed by atoms with E-state index in [1.54, 1.807) is 17.0 Å². The standard InChI is InChI=1S/C12H13ClFNO/c13-7-12(16)15(8-9-4-5-9)11-3-1-2-10(14)6-11/h1-3,6,9H,4-5,7-8H2. The summed E-state index contributed by atoms with van der Waals surface area (Å²) in [6.45, 7) is 0.648. The molecule has 0 spiro atoms. The molecule has 1 fully saturated rings. The van der Waals surface area contributed by atoms with Crippen molar-refractivity contribution in [3.8, 4) is 0 Å². The minimum absolute atomic E-state index is 0.0662. The van der Waals surface area contributed by atoms with Gasteiger partial charge < -0.3 is 4.90 Å². The number of halogens is 2. The van der Waals surface area contributed by atoms with Gasteiger partial charge in [-0.2, -0.15) is 0 Å². The molecule has 16 heavy (non-hydrogen) atoms. The largest absolute Gasteiger partial charge is 0.311 e. The Bertz CT molecular complexity index is 392. The van der Waals surface area contributed by atoms with Gasteiger partial charge in [-0.1, -0.05) is 6.07 Å². The van der Waals surface area contributed by atoms with E-state index in [1.165, 1.54) is 12.1 Å². The van der Waals surface area contributed by atoms with E-state index < -0.39 is 0 Å².